The third-order valence-electron chi connectivity index (χ3n) is 1.69. The van der Waals surface area contributed by atoms with Crippen molar-refractivity contribution in [3.8, 4) is 0 Å². The highest BCUT2D eigenvalue weighted by atomic mass is 32.1. The van der Waals surface area contributed by atoms with Gasteiger partial charge < -0.3 is 5.32 Å². The van der Waals surface area contributed by atoms with Crippen molar-refractivity contribution in [3.63, 3.8) is 0 Å². The van der Waals surface area contributed by atoms with Gasteiger partial charge in [-0.25, -0.2) is 9.37 Å². The van der Waals surface area contributed by atoms with Gasteiger partial charge in [-0.15, -0.1) is 5.10 Å². The van der Waals surface area contributed by atoms with Crippen molar-refractivity contribution < 1.29 is 13.6 Å². The van der Waals surface area contributed by atoms with Crippen LogP contribution in [0.3, 0.4) is 0 Å². The lowest BCUT2D eigenvalue weighted by atomic mass is 10.2. The summed E-state index contributed by atoms with van der Waals surface area (Å²) in [5.41, 5.74) is -0.416. The van der Waals surface area contributed by atoms with E-state index >= 15 is 0 Å². The number of halogens is 2. The van der Waals surface area contributed by atoms with Crippen LogP contribution in [0.15, 0.2) is 18.5 Å². The first-order valence-electron chi connectivity index (χ1n) is 4.07. The standard InChI is InChI=1S/C8H4F2N4OS/c9-6-4(1-2-11-7(6)10)8(15)13-5-3-12-14-16-5/h1-3H,(H,13,15). The maximum absolute atomic E-state index is 13.2. The van der Waals surface area contributed by atoms with Crippen molar-refractivity contribution in [1.82, 2.24) is 14.6 Å². The third-order valence-corrected chi connectivity index (χ3v) is 2.27. The molecule has 0 aliphatic heterocycles. The largest absolute Gasteiger partial charge is 0.311 e. The van der Waals surface area contributed by atoms with Gasteiger partial charge in [-0.2, -0.15) is 4.39 Å². The van der Waals surface area contributed by atoms with Crippen LogP contribution in [0.5, 0.6) is 0 Å². The molecule has 2 aromatic heterocycles. The summed E-state index contributed by atoms with van der Waals surface area (Å²) in [6.45, 7) is 0. The second-order valence-corrected chi connectivity index (χ2v) is 3.48. The lowest BCUT2D eigenvalue weighted by Crippen LogP contribution is -2.14. The highest BCUT2D eigenvalue weighted by Gasteiger charge is 2.16. The molecule has 0 radical (unpaired) electrons. The summed E-state index contributed by atoms with van der Waals surface area (Å²) < 4.78 is 29.4. The molecule has 0 saturated heterocycles. The molecule has 0 atom stereocenters. The van der Waals surface area contributed by atoms with Crippen LogP contribution in [0.4, 0.5) is 13.8 Å². The number of amides is 1. The third kappa shape index (κ3) is 2.01. The van der Waals surface area contributed by atoms with Gasteiger partial charge in [-0.3, -0.25) is 4.79 Å². The molecule has 8 heteroatoms. The highest BCUT2D eigenvalue weighted by molar-refractivity contribution is 7.10. The number of carbonyl (C=O) groups excluding carboxylic acids is 1. The van der Waals surface area contributed by atoms with E-state index in [1.54, 1.807) is 0 Å². The maximum Gasteiger partial charge on any atom is 0.259 e. The summed E-state index contributed by atoms with van der Waals surface area (Å²) in [5, 5.41) is 6.16. The molecular weight excluding hydrogens is 238 g/mol. The normalized spacial score (nSPS) is 10.1. The molecule has 0 bridgehead atoms. The summed E-state index contributed by atoms with van der Waals surface area (Å²) in [7, 11) is 0. The molecule has 16 heavy (non-hydrogen) atoms. The first-order valence-corrected chi connectivity index (χ1v) is 4.84. The molecule has 2 heterocycles. The van der Waals surface area contributed by atoms with Crippen molar-refractivity contribution in [2.75, 3.05) is 5.32 Å². The SMILES string of the molecule is O=C(Nc1cnns1)c1ccnc(F)c1F. The van der Waals surface area contributed by atoms with Crippen LogP contribution in [0.2, 0.25) is 0 Å². The number of carbonyl (C=O) groups is 1. The number of hydrogen-bond donors (Lipinski definition) is 1. The van der Waals surface area contributed by atoms with E-state index in [0.717, 1.165) is 23.8 Å². The predicted octanol–water partition coefficient (Wildman–Crippen LogP) is 1.46. The van der Waals surface area contributed by atoms with Crippen molar-refractivity contribution >= 4 is 22.4 Å². The fraction of sp³-hybridized carbons (Fsp3) is 0. The van der Waals surface area contributed by atoms with Gasteiger partial charge in [0.2, 0.25) is 5.95 Å². The second kappa shape index (κ2) is 4.27. The average Bonchev–Trinajstić information content (AvgIpc) is 2.74. The summed E-state index contributed by atoms with van der Waals surface area (Å²) in [5.74, 6) is -3.36. The van der Waals surface area contributed by atoms with Crippen LogP contribution in [-0.2, 0) is 0 Å². The van der Waals surface area contributed by atoms with E-state index in [1.807, 2.05) is 0 Å². The van der Waals surface area contributed by atoms with E-state index in [9.17, 15) is 13.6 Å². The molecule has 0 unspecified atom stereocenters. The van der Waals surface area contributed by atoms with E-state index in [2.05, 4.69) is 19.9 Å². The van der Waals surface area contributed by atoms with E-state index in [1.165, 1.54) is 6.20 Å². The Bertz CT molecular complexity index is 517. The molecule has 1 amide bonds. The van der Waals surface area contributed by atoms with Crippen molar-refractivity contribution in [2.24, 2.45) is 0 Å². The van der Waals surface area contributed by atoms with Gasteiger partial charge in [0.25, 0.3) is 5.91 Å². The van der Waals surface area contributed by atoms with Gasteiger partial charge >= 0.3 is 0 Å². The smallest absolute Gasteiger partial charge is 0.259 e. The Morgan fingerprint density at radius 3 is 2.94 bits per heavy atom. The number of nitrogens with zero attached hydrogens (tertiary/aromatic N) is 3. The number of hydrogen-bond acceptors (Lipinski definition) is 5. The minimum atomic E-state index is -1.31. The Kier molecular flexibility index (Phi) is 2.82. The molecule has 0 aliphatic carbocycles. The molecule has 0 aliphatic rings. The summed E-state index contributed by atoms with van der Waals surface area (Å²) >= 11 is 0.931. The first-order chi connectivity index (χ1) is 7.68. The number of pyridine rings is 1. The summed E-state index contributed by atoms with van der Waals surface area (Å²) in [6, 6.07) is 1.09. The monoisotopic (exact) mass is 242 g/mol. The number of anilines is 1. The maximum atomic E-state index is 13.2. The summed E-state index contributed by atoms with van der Waals surface area (Å²) in [6.07, 6.45) is 2.32. The molecule has 2 rings (SSSR count). The molecule has 2 aromatic rings. The fourth-order valence-corrected chi connectivity index (χ4v) is 1.41. The van der Waals surface area contributed by atoms with E-state index in [4.69, 9.17) is 0 Å². The van der Waals surface area contributed by atoms with Crippen LogP contribution in [0.1, 0.15) is 10.4 Å². The van der Waals surface area contributed by atoms with Gasteiger partial charge in [0.05, 0.1) is 11.8 Å². The van der Waals surface area contributed by atoms with Crippen molar-refractivity contribution in [1.29, 1.82) is 0 Å². The van der Waals surface area contributed by atoms with Crippen molar-refractivity contribution in [3.05, 3.63) is 35.8 Å². The molecule has 5 nitrogen and oxygen atoms in total. The fourth-order valence-electron chi connectivity index (χ4n) is 0.995. The lowest BCUT2D eigenvalue weighted by Gasteiger charge is -2.02. The van der Waals surface area contributed by atoms with Gasteiger partial charge in [-0.05, 0) is 6.07 Å². The van der Waals surface area contributed by atoms with Crippen LogP contribution in [-0.4, -0.2) is 20.5 Å². The van der Waals surface area contributed by atoms with E-state index in [0.29, 0.717) is 5.00 Å². The second-order valence-electron chi connectivity index (χ2n) is 2.70. The lowest BCUT2D eigenvalue weighted by molar-refractivity contribution is 0.102. The van der Waals surface area contributed by atoms with Crippen molar-refractivity contribution in [2.45, 2.75) is 0 Å². The van der Waals surface area contributed by atoms with E-state index in [-0.39, 0.29) is 0 Å². The molecule has 0 saturated carbocycles. The minimum Gasteiger partial charge on any atom is -0.311 e. The zero-order valence-electron chi connectivity index (χ0n) is 7.65. The Labute approximate surface area is 92.3 Å². The number of aromatic nitrogens is 3. The topological polar surface area (TPSA) is 67.8 Å². The zero-order chi connectivity index (χ0) is 11.5. The average molecular weight is 242 g/mol. The molecule has 0 spiro atoms. The Balaban J connectivity index is 2.24. The van der Waals surface area contributed by atoms with Crippen LogP contribution in [0, 0.1) is 11.8 Å². The van der Waals surface area contributed by atoms with Gasteiger partial charge in [-0.1, -0.05) is 4.49 Å². The van der Waals surface area contributed by atoms with E-state index < -0.39 is 23.2 Å². The van der Waals surface area contributed by atoms with Crippen LogP contribution >= 0.6 is 11.5 Å². The predicted molar refractivity (Wildman–Crippen MR) is 52.0 cm³/mol. The zero-order valence-corrected chi connectivity index (χ0v) is 8.46. The van der Waals surface area contributed by atoms with Gasteiger partial charge in [0, 0.05) is 17.7 Å². The van der Waals surface area contributed by atoms with Gasteiger partial charge in [0.15, 0.2) is 5.82 Å². The van der Waals surface area contributed by atoms with Crippen LogP contribution < -0.4 is 5.32 Å². The molecular formula is C8H4F2N4OS. The highest BCUT2D eigenvalue weighted by Crippen LogP contribution is 2.14. The Hall–Kier alpha value is -1.96. The molecule has 0 fully saturated rings. The van der Waals surface area contributed by atoms with Gasteiger partial charge in [0.1, 0.15) is 5.00 Å². The Morgan fingerprint density at radius 1 is 1.44 bits per heavy atom. The summed E-state index contributed by atoms with van der Waals surface area (Å²) in [4.78, 5) is 14.6. The quantitative estimate of drug-likeness (QED) is 0.809. The molecule has 0 aromatic carbocycles. The minimum absolute atomic E-state index is 0.349. The first kappa shape index (κ1) is 10.6. The number of rotatable bonds is 2. The molecule has 82 valence electrons. The van der Waals surface area contributed by atoms with Crippen LogP contribution in [0.25, 0.3) is 0 Å². The number of nitrogens with one attached hydrogen (secondary N) is 1. The Morgan fingerprint density at radius 2 is 2.25 bits per heavy atom. The molecule has 1 N–H and O–H groups in total.